The van der Waals surface area contributed by atoms with Gasteiger partial charge in [-0.05, 0) is 19.1 Å². The number of carbonyl (C=O) groups is 1. The summed E-state index contributed by atoms with van der Waals surface area (Å²) in [4.78, 5) is 15.7. The van der Waals surface area contributed by atoms with Crippen molar-refractivity contribution in [2.24, 2.45) is 5.73 Å². The molecule has 1 amide bonds. The van der Waals surface area contributed by atoms with Gasteiger partial charge >= 0.3 is 0 Å². The van der Waals surface area contributed by atoms with E-state index in [-0.39, 0.29) is 5.91 Å². The maximum Gasteiger partial charge on any atom is 0.241 e. The second-order valence-electron chi connectivity index (χ2n) is 3.40. The van der Waals surface area contributed by atoms with Gasteiger partial charge in [-0.3, -0.25) is 4.79 Å². The molecule has 0 aliphatic carbocycles. The minimum Gasteiger partial charge on any atom is -0.322 e. The third-order valence-electron chi connectivity index (χ3n) is 2.11. The predicted octanol–water partition coefficient (Wildman–Crippen LogP) is 2.24. The average Bonchev–Trinajstić information content (AvgIpc) is 2.70. The highest BCUT2D eigenvalue weighted by Gasteiger charge is 2.14. The summed E-state index contributed by atoms with van der Waals surface area (Å²) in [5.74, 6) is -0.276. The van der Waals surface area contributed by atoms with Crippen LogP contribution < -0.4 is 11.1 Å². The van der Waals surface area contributed by atoms with E-state index in [2.05, 4.69) is 10.3 Å². The zero-order valence-corrected chi connectivity index (χ0v) is 10.1. The lowest BCUT2D eigenvalue weighted by molar-refractivity contribution is -0.117. The number of amides is 1. The van der Waals surface area contributed by atoms with Crippen molar-refractivity contribution in [3.63, 3.8) is 0 Å². The molecular formula is C10H10ClN3OS. The second-order valence-corrected chi connectivity index (χ2v) is 4.69. The van der Waals surface area contributed by atoms with Gasteiger partial charge in [0.1, 0.15) is 5.52 Å². The summed E-state index contributed by atoms with van der Waals surface area (Å²) < 4.78 is 0.976. The summed E-state index contributed by atoms with van der Waals surface area (Å²) in [5.41, 5.74) is 8.42. The number of carbonyl (C=O) groups excluding carboxylic acids is 1. The van der Waals surface area contributed by atoms with Crippen molar-refractivity contribution in [3.8, 4) is 0 Å². The van der Waals surface area contributed by atoms with E-state index in [0.717, 1.165) is 4.70 Å². The van der Waals surface area contributed by atoms with Crippen molar-refractivity contribution in [1.82, 2.24) is 4.98 Å². The van der Waals surface area contributed by atoms with E-state index < -0.39 is 6.04 Å². The van der Waals surface area contributed by atoms with Crippen LogP contribution in [0.3, 0.4) is 0 Å². The molecule has 1 atom stereocenters. The summed E-state index contributed by atoms with van der Waals surface area (Å²) in [6, 6.07) is 3.03. The first-order valence-corrected chi connectivity index (χ1v) is 5.93. The molecule has 16 heavy (non-hydrogen) atoms. The van der Waals surface area contributed by atoms with Gasteiger partial charge in [-0.2, -0.15) is 0 Å². The third-order valence-corrected chi connectivity index (χ3v) is 3.22. The van der Waals surface area contributed by atoms with Crippen LogP contribution in [0.15, 0.2) is 17.6 Å². The second kappa shape index (κ2) is 4.37. The molecule has 0 fully saturated rings. The average molecular weight is 256 g/mol. The Morgan fingerprint density at radius 3 is 3.06 bits per heavy atom. The lowest BCUT2D eigenvalue weighted by Gasteiger charge is -2.09. The molecule has 1 heterocycles. The van der Waals surface area contributed by atoms with Crippen molar-refractivity contribution < 1.29 is 4.79 Å². The number of nitrogens with two attached hydrogens (primary N) is 1. The molecule has 6 heteroatoms. The fraction of sp³-hybridized carbons (Fsp3) is 0.200. The number of halogens is 1. The number of rotatable bonds is 2. The Labute approximate surface area is 101 Å². The molecule has 0 saturated carbocycles. The predicted molar refractivity (Wildman–Crippen MR) is 66.9 cm³/mol. The molecule has 0 radical (unpaired) electrons. The minimum absolute atomic E-state index is 0.276. The molecule has 4 nitrogen and oxygen atoms in total. The van der Waals surface area contributed by atoms with Crippen LogP contribution >= 0.6 is 22.9 Å². The number of anilines is 1. The first kappa shape index (κ1) is 11.3. The van der Waals surface area contributed by atoms with Gasteiger partial charge in [0, 0.05) is 0 Å². The largest absolute Gasteiger partial charge is 0.322 e. The van der Waals surface area contributed by atoms with E-state index in [1.165, 1.54) is 11.3 Å². The highest BCUT2D eigenvalue weighted by atomic mass is 35.5. The van der Waals surface area contributed by atoms with Crippen molar-refractivity contribution >= 4 is 44.7 Å². The molecule has 0 aliphatic rings. The Bertz CT molecular complexity index is 538. The molecule has 2 aromatic rings. The number of hydrogen-bond acceptors (Lipinski definition) is 4. The SMILES string of the molecule is C[C@H](N)C(=O)Nc1c(Cl)ccc2scnc12. The van der Waals surface area contributed by atoms with Gasteiger partial charge in [-0.25, -0.2) is 4.98 Å². The summed E-state index contributed by atoms with van der Waals surface area (Å²) in [6.45, 7) is 1.62. The number of nitrogens with zero attached hydrogens (tertiary/aromatic N) is 1. The van der Waals surface area contributed by atoms with Gasteiger partial charge in [0.15, 0.2) is 0 Å². The van der Waals surface area contributed by atoms with Crippen molar-refractivity contribution in [2.45, 2.75) is 13.0 Å². The third kappa shape index (κ3) is 2.02. The van der Waals surface area contributed by atoms with Crippen molar-refractivity contribution in [2.75, 3.05) is 5.32 Å². The number of fused-ring (bicyclic) bond motifs is 1. The summed E-state index contributed by atoms with van der Waals surface area (Å²) >= 11 is 7.51. The van der Waals surface area contributed by atoms with Gasteiger partial charge in [0.25, 0.3) is 0 Å². The van der Waals surface area contributed by atoms with Gasteiger partial charge in [0.05, 0.1) is 27.0 Å². The molecule has 0 unspecified atom stereocenters. The van der Waals surface area contributed by atoms with Gasteiger partial charge in [-0.15, -0.1) is 11.3 Å². The van der Waals surface area contributed by atoms with E-state index in [4.69, 9.17) is 17.3 Å². The Morgan fingerprint density at radius 1 is 1.62 bits per heavy atom. The molecule has 0 bridgehead atoms. The highest BCUT2D eigenvalue weighted by molar-refractivity contribution is 7.16. The van der Waals surface area contributed by atoms with Gasteiger partial charge < -0.3 is 11.1 Å². The van der Waals surface area contributed by atoms with E-state index >= 15 is 0 Å². The Kier molecular flexibility index (Phi) is 3.09. The smallest absolute Gasteiger partial charge is 0.241 e. The maximum atomic E-state index is 11.5. The Hall–Kier alpha value is -1.17. The maximum absolute atomic E-state index is 11.5. The van der Waals surface area contributed by atoms with Crippen LogP contribution in [0.4, 0.5) is 5.69 Å². The van der Waals surface area contributed by atoms with Crippen LogP contribution in [0.1, 0.15) is 6.92 Å². The quantitative estimate of drug-likeness (QED) is 0.865. The standard InChI is InChI=1S/C10H10ClN3OS/c1-5(12)10(15)14-8-6(11)2-3-7-9(8)13-4-16-7/h2-5H,12H2,1H3,(H,14,15)/t5-/m0/s1. The van der Waals surface area contributed by atoms with E-state index in [1.807, 2.05) is 6.07 Å². The van der Waals surface area contributed by atoms with E-state index in [9.17, 15) is 4.79 Å². The number of nitrogens with one attached hydrogen (secondary N) is 1. The molecule has 2 rings (SSSR count). The molecular weight excluding hydrogens is 246 g/mol. The van der Waals surface area contributed by atoms with Crippen LogP contribution in [-0.4, -0.2) is 16.9 Å². The molecule has 0 saturated heterocycles. The molecule has 1 aromatic heterocycles. The zero-order chi connectivity index (χ0) is 11.7. The number of benzene rings is 1. The molecule has 1 aromatic carbocycles. The normalized spacial score (nSPS) is 12.7. The van der Waals surface area contributed by atoms with E-state index in [1.54, 1.807) is 18.5 Å². The van der Waals surface area contributed by atoms with Crippen LogP contribution in [0.2, 0.25) is 5.02 Å². The lowest BCUT2D eigenvalue weighted by atomic mass is 10.2. The van der Waals surface area contributed by atoms with Crippen molar-refractivity contribution in [3.05, 3.63) is 22.7 Å². The minimum atomic E-state index is -0.579. The number of aromatic nitrogens is 1. The van der Waals surface area contributed by atoms with Crippen LogP contribution in [0.5, 0.6) is 0 Å². The fourth-order valence-electron chi connectivity index (χ4n) is 1.26. The Balaban J connectivity index is 2.46. The summed E-state index contributed by atoms with van der Waals surface area (Å²) in [7, 11) is 0. The zero-order valence-electron chi connectivity index (χ0n) is 8.53. The Morgan fingerprint density at radius 2 is 2.38 bits per heavy atom. The number of hydrogen-bond donors (Lipinski definition) is 2. The van der Waals surface area contributed by atoms with Crippen LogP contribution in [0.25, 0.3) is 10.2 Å². The molecule has 84 valence electrons. The fourth-order valence-corrected chi connectivity index (χ4v) is 2.15. The molecule has 3 N–H and O–H groups in total. The van der Waals surface area contributed by atoms with Crippen molar-refractivity contribution in [1.29, 1.82) is 0 Å². The number of thiazole rings is 1. The first-order valence-electron chi connectivity index (χ1n) is 4.67. The molecule has 0 aliphatic heterocycles. The lowest BCUT2D eigenvalue weighted by Crippen LogP contribution is -2.32. The topological polar surface area (TPSA) is 68.0 Å². The van der Waals surface area contributed by atoms with E-state index in [0.29, 0.717) is 16.2 Å². The monoisotopic (exact) mass is 255 g/mol. The van der Waals surface area contributed by atoms with Gasteiger partial charge in [0.2, 0.25) is 5.91 Å². The first-order chi connectivity index (χ1) is 7.59. The summed E-state index contributed by atoms with van der Waals surface area (Å²) in [6.07, 6.45) is 0. The van der Waals surface area contributed by atoms with Crippen LogP contribution in [0, 0.1) is 0 Å². The van der Waals surface area contributed by atoms with Crippen LogP contribution in [-0.2, 0) is 4.79 Å². The summed E-state index contributed by atoms with van der Waals surface area (Å²) in [5, 5.41) is 3.15. The molecule has 0 spiro atoms. The highest BCUT2D eigenvalue weighted by Crippen LogP contribution is 2.32. The van der Waals surface area contributed by atoms with Gasteiger partial charge in [-0.1, -0.05) is 11.6 Å².